The second kappa shape index (κ2) is 8.91. The molecule has 1 heterocycles. The van der Waals surface area contributed by atoms with Crippen molar-refractivity contribution < 1.29 is 23.9 Å². The van der Waals surface area contributed by atoms with E-state index < -0.39 is 0 Å². The van der Waals surface area contributed by atoms with Crippen LogP contribution in [-0.2, 0) is 20.8 Å². The lowest BCUT2D eigenvalue weighted by atomic mass is 9.85. The van der Waals surface area contributed by atoms with Gasteiger partial charge in [0.1, 0.15) is 0 Å². The Morgan fingerprint density at radius 1 is 1.07 bits per heavy atom. The van der Waals surface area contributed by atoms with Crippen molar-refractivity contribution in [3.63, 3.8) is 0 Å². The van der Waals surface area contributed by atoms with E-state index in [9.17, 15) is 14.4 Å². The van der Waals surface area contributed by atoms with E-state index in [-0.39, 0.29) is 42.5 Å². The molecule has 1 N–H and O–H groups in total. The van der Waals surface area contributed by atoms with Crippen LogP contribution in [0.15, 0.2) is 30.4 Å². The fourth-order valence-corrected chi connectivity index (χ4v) is 3.77. The average molecular weight is 386 g/mol. The van der Waals surface area contributed by atoms with E-state index in [0.717, 1.165) is 5.56 Å². The molecule has 1 aliphatic carbocycles. The number of methoxy groups -OCH3 is 2. The molecule has 1 saturated heterocycles. The Hall–Kier alpha value is -2.83. The zero-order chi connectivity index (χ0) is 20.1. The van der Waals surface area contributed by atoms with Crippen LogP contribution in [0.5, 0.6) is 11.5 Å². The third-order valence-electron chi connectivity index (χ3n) is 5.35. The molecule has 1 aromatic rings. The molecule has 0 radical (unpaired) electrons. The second-order valence-electron chi connectivity index (χ2n) is 7.02. The summed E-state index contributed by atoms with van der Waals surface area (Å²) in [7, 11) is 3.16. The lowest BCUT2D eigenvalue weighted by molar-refractivity contribution is -0.140. The number of benzene rings is 1. The number of carbonyl (C=O) groups excluding carboxylic acids is 3. The fraction of sp³-hybridized carbons (Fsp3) is 0.476. The topological polar surface area (TPSA) is 84.9 Å². The number of carbonyl (C=O) groups is 3. The maximum atomic E-state index is 12.4. The maximum absolute atomic E-state index is 12.4. The summed E-state index contributed by atoms with van der Waals surface area (Å²) in [5, 5.41) is 2.84. The van der Waals surface area contributed by atoms with Crippen molar-refractivity contribution in [3.05, 3.63) is 35.9 Å². The van der Waals surface area contributed by atoms with Gasteiger partial charge in [0.25, 0.3) is 0 Å². The molecule has 2 aliphatic rings. The monoisotopic (exact) mass is 386 g/mol. The summed E-state index contributed by atoms with van der Waals surface area (Å²) >= 11 is 0. The van der Waals surface area contributed by atoms with E-state index in [1.54, 1.807) is 14.2 Å². The highest BCUT2D eigenvalue weighted by molar-refractivity contribution is 6.05. The zero-order valence-corrected chi connectivity index (χ0v) is 16.3. The Kier molecular flexibility index (Phi) is 6.34. The van der Waals surface area contributed by atoms with Crippen molar-refractivity contribution in [1.29, 1.82) is 0 Å². The molecule has 1 fully saturated rings. The number of nitrogens with zero attached hydrogens (tertiary/aromatic N) is 1. The number of likely N-dealkylation sites (tertiary alicyclic amines) is 1. The Labute approximate surface area is 164 Å². The standard InChI is InChI=1S/C21H26N2O5/c1-27-17-8-7-14(13-18(17)28-2)9-11-22-19(24)10-12-23-20(25)15-5-3-4-6-16(15)21(23)26/h3-4,7-8,13,15-16H,5-6,9-12H2,1-2H3,(H,22,24)/t15-,16+. The largest absolute Gasteiger partial charge is 0.493 e. The van der Waals surface area contributed by atoms with E-state index in [1.807, 2.05) is 30.4 Å². The Balaban J connectivity index is 1.44. The van der Waals surface area contributed by atoms with Crippen LogP contribution in [0.4, 0.5) is 0 Å². The Bertz CT molecular complexity index is 763. The number of imide groups is 1. The predicted molar refractivity (Wildman–Crippen MR) is 103 cm³/mol. The quantitative estimate of drug-likeness (QED) is 0.543. The number of nitrogens with one attached hydrogen (secondary N) is 1. The van der Waals surface area contributed by atoms with Crippen molar-refractivity contribution in [2.75, 3.05) is 27.3 Å². The Morgan fingerprint density at radius 2 is 1.71 bits per heavy atom. The van der Waals surface area contributed by atoms with Gasteiger partial charge in [-0.25, -0.2) is 0 Å². The number of hydrogen-bond donors (Lipinski definition) is 1. The molecule has 0 saturated carbocycles. The summed E-state index contributed by atoms with van der Waals surface area (Å²) in [6.07, 6.45) is 5.90. The highest BCUT2D eigenvalue weighted by Crippen LogP contribution is 2.35. The van der Waals surface area contributed by atoms with Gasteiger partial charge in [0.05, 0.1) is 26.1 Å². The number of fused-ring (bicyclic) bond motifs is 1. The van der Waals surface area contributed by atoms with Crippen molar-refractivity contribution in [2.45, 2.75) is 25.7 Å². The second-order valence-corrected chi connectivity index (χ2v) is 7.02. The van der Waals surface area contributed by atoms with Gasteiger partial charge in [0, 0.05) is 19.5 Å². The summed E-state index contributed by atoms with van der Waals surface area (Å²) in [5.74, 6) is 0.361. The summed E-state index contributed by atoms with van der Waals surface area (Å²) in [5.41, 5.74) is 1.01. The molecule has 2 atom stereocenters. The van der Waals surface area contributed by atoms with Gasteiger partial charge in [-0.05, 0) is 37.0 Å². The number of amides is 3. The van der Waals surface area contributed by atoms with Crippen LogP contribution in [-0.4, -0.2) is 49.9 Å². The lowest BCUT2D eigenvalue weighted by Crippen LogP contribution is -2.35. The van der Waals surface area contributed by atoms with Crippen LogP contribution in [0.25, 0.3) is 0 Å². The average Bonchev–Trinajstić information content (AvgIpc) is 2.96. The van der Waals surface area contributed by atoms with E-state index in [4.69, 9.17) is 9.47 Å². The molecule has 0 unspecified atom stereocenters. The highest BCUT2D eigenvalue weighted by Gasteiger charge is 2.46. The van der Waals surface area contributed by atoms with Gasteiger partial charge in [-0.3, -0.25) is 19.3 Å². The summed E-state index contributed by atoms with van der Waals surface area (Å²) in [6, 6.07) is 5.63. The molecule has 1 aromatic carbocycles. The molecule has 28 heavy (non-hydrogen) atoms. The molecule has 0 spiro atoms. The third-order valence-corrected chi connectivity index (χ3v) is 5.35. The van der Waals surface area contributed by atoms with Crippen LogP contribution in [0.2, 0.25) is 0 Å². The van der Waals surface area contributed by atoms with Gasteiger partial charge >= 0.3 is 0 Å². The molecule has 1 aliphatic heterocycles. The maximum Gasteiger partial charge on any atom is 0.233 e. The molecule has 3 rings (SSSR count). The minimum absolute atomic E-state index is 0.121. The third kappa shape index (κ3) is 4.18. The van der Waals surface area contributed by atoms with E-state index in [2.05, 4.69) is 5.32 Å². The van der Waals surface area contributed by atoms with Crippen molar-refractivity contribution >= 4 is 17.7 Å². The van der Waals surface area contributed by atoms with Crippen LogP contribution in [0.1, 0.15) is 24.8 Å². The van der Waals surface area contributed by atoms with Gasteiger partial charge in [-0.15, -0.1) is 0 Å². The van der Waals surface area contributed by atoms with Gasteiger partial charge in [0.2, 0.25) is 17.7 Å². The Morgan fingerprint density at radius 3 is 2.32 bits per heavy atom. The first kappa shape index (κ1) is 19.9. The van der Waals surface area contributed by atoms with Gasteiger partial charge in [-0.1, -0.05) is 18.2 Å². The SMILES string of the molecule is COc1ccc(CCNC(=O)CCN2C(=O)[C@H]3CC=CC[C@H]3C2=O)cc1OC. The molecule has 150 valence electrons. The zero-order valence-electron chi connectivity index (χ0n) is 16.3. The van der Waals surface area contributed by atoms with E-state index >= 15 is 0 Å². The number of allylic oxidation sites excluding steroid dienone is 2. The number of hydrogen-bond acceptors (Lipinski definition) is 5. The molecule has 7 heteroatoms. The first-order valence-corrected chi connectivity index (χ1v) is 9.53. The van der Waals surface area contributed by atoms with Crippen LogP contribution in [0, 0.1) is 11.8 Å². The van der Waals surface area contributed by atoms with Crippen LogP contribution < -0.4 is 14.8 Å². The molecular formula is C21H26N2O5. The smallest absolute Gasteiger partial charge is 0.233 e. The summed E-state index contributed by atoms with van der Waals surface area (Å²) < 4.78 is 10.5. The van der Waals surface area contributed by atoms with Crippen LogP contribution in [0.3, 0.4) is 0 Å². The minimum Gasteiger partial charge on any atom is -0.493 e. The number of rotatable bonds is 8. The molecule has 0 bridgehead atoms. The first-order valence-electron chi connectivity index (χ1n) is 9.53. The van der Waals surface area contributed by atoms with Crippen molar-refractivity contribution in [3.8, 4) is 11.5 Å². The predicted octanol–water partition coefficient (Wildman–Crippen LogP) is 1.70. The minimum atomic E-state index is -0.245. The lowest BCUT2D eigenvalue weighted by Gasteiger charge is -2.14. The number of ether oxygens (including phenoxy) is 2. The molecule has 3 amide bonds. The van der Waals surface area contributed by atoms with Crippen molar-refractivity contribution in [1.82, 2.24) is 10.2 Å². The van der Waals surface area contributed by atoms with E-state index in [1.165, 1.54) is 4.90 Å². The highest BCUT2D eigenvalue weighted by atomic mass is 16.5. The van der Waals surface area contributed by atoms with E-state index in [0.29, 0.717) is 37.3 Å². The van der Waals surface area contributed by atoms with Gasteiger partial charge in [-0.2, -0.15) is 0 Å². The molecule has 0 aromatic heterocycles. The summed E-state index contributed by atoms with van der Waals surface area (Å²) in [6.45, 7) is 0.609. The normalized spacial score (nSPS) is 20.9. The molecule has 7 nitrogen and oxygen atoms in total. The van der Waals surface area contributed by atoms with Gasteiger partial charge in [0.15, 0.2) is 11.5 Å². The van der Waals surface area contributed by atoms with Crippen LogP contribution >= 0.6 is 0 Å². The van der Waals surface area contributed by atoms with Gasteiger partial charge < -0.3 is 14.8 Å². The van der Waals surface area contributed by atoms with Crippen molar-refractivity contribution in [2.24, 2.45) is 11.8 Å². The molecular weight excluding hydrogens is 360 g/mol. The fourth-order valence-electron chi connectivity index (χ4n) is 3.77. The first-order chi connectivity index (χ1) is 13.5. The summed E-state index contributed by atoms with van der Waals surface area (Å²) in [4.78, 5) is 38.2.